The normalized spacial score (nSPS) is 5.00. The summed E-state index contributed by atoms with van der Waals surface area (Å²) in [6.07, 6.45) is 1.79. The van der Waals surface area contributed by atoms with Crippen molar-refractivity contribution in [3.8, 4) is 0 Å². The Morgan fingerprint density at radius 2 is 2.00 bits per heavy atom. The van der Waals surface area contributed by atoms with Crippen LogP contribution in [0, 0.1) is 0 Å². The summed E-state index contributed by atoms with van der Waals surface area (Å²) in [7, 11) is 0. The van der Waals surface area contributed by atoms with E-state index in [1.165, 1.54) is 0 Å². The van der Waals surface area contributed by atoms with Crippen molar-refractivity contribution in [2.75, 3.05) is 5.33 Å². The van der Waals surface area contributed by atoms with Crippen molar-refractivity contribution >= 4 is 39.0 Å². The van der Waals surface area contributed by atoms with Crippen molar-refractivity contribution in [1.29, 1.82) is 0 Å². The van der Waals surface area contributed by atoms with Crippen LogP contribution in [0.5, 0.6) is 0 Å². The van der Waals surface area contributed by atoms with Crippen LogP contribution in [-0.2, 0) is 0 Å². The molecule has 0 unspecified atom stereocenters. The molecule has 0 heterocycles. The van der Waals surface area contributed by atoms with Gasteiger partial charge in [-0.25, -0.2) is 0 Å². The molecule has 2 heteroatoms. The van der Waals surface area contributed by atoms with E-state index in [2.05, 4.69) is 22.5 Å². The number of rotatable bonds is 1. The first-order valence-electron chi connectivity index (χ1n) is 1.08. The molecule has 0 atom stereocenters. The molecule has 0 saturated heterocycles. The van der Waals surface area contributed by atoms with Gasteiger partial charge < -0.3 is 0 Å². The molecular formula is C3H7BrMg. The zero-order valence-corrected chi connectivity index (χ0v) is 3.96. The standard InChI is InChI=1S/C3H5Br.Mg.2H/c1-2-3-4;;;/h2H,1,3H2;;;. The average Bonchev–Trinajstić information content (AvgIpc) is 1.37. The van der Waals surface area contributed by atoms with Crippen LogP contribution in [0.4, 0.5) is 0 Å². The highest BCUT2D eigenvalue weighted by Gasteiger charge is 1.47. The molecule has 0 aromatic heterocycles. The number of alkyl halides is 1. The lowest BCUT2D eigenvalue weighted by molar-refractivity contribution is 1.87. The molecule has 0 aromatic rings. The molecule has 0 rings (SSSR count). The van der Waals surface area contributed by atoms with Gasteiger partial charge in [-0.05, 0) is 0 Å². The van der Waals surface area contributed by atoms with Gasteiger partial charge in [0.05, 0.1) is 0 Å². The monoisotopic (exact) mass is 146 g/mol. The van der Waals surface area contributed by atoms with Crippen LogP contribution in [0.3, 0.4) is 0 Å². The van der Waals surface area contributed by atoms with Crippen molar-refractivity contribution < 1.29 is 0 Å². The molecule has 0 fully saturated rings. The molecule has 0 aromatic carbocycles. The maximum absolute atomic E-state index is 3.43. The molecule has 0 bridgehead atoms. The van der Waals surface area contributed by atoms with E-state index < -0.39 is 0 Å². The molecule has 0 spiro atoms. The highest BCUT2D eigenvalue weighted by atomic mass is 79.9. The molecule has 0 N–H and O–H groups in total. The largest absolute Gasteiger partial charge is 0.316 e. The topological polar surface area (TPSA) is 0 Å². The Bertz CT molecular complexity index is 20.9. The van der Waals surface area contributed by atoms with Gasteiger partial charge in [0.25, 0.3) is 0 Å². The Labute approximate surface area is 56.9 Å². The average molecular weight is 147 g/mol. The molecule has 0 aliphatic rings. The van der Waals surface area contributed by atoms with Crippen LogP contribution in [0.25, 0.3) is 0 Å². The van der Waals surface area contributed by atoms with E-state index in [-0.39, 0.29) is 23.1 Å². The summed E-state index contributed by atoms with van der Waals surface area (Å²) in [6.45, 7) is 3.43. The van der Waals surface area contributed by atoms with E-state index >= 15 is 0 Å². The molecule has 28 valence electrons. The van der Waals surface area contributed by atoms with Gasteiger partial charge in [0.2, 0.25) is 0 Å². The highest BCUT2D eigenvalue weighted by molar-refractivity contribution is 9.09. The van der Waals surface area contributed by atoms with Crippen molar-refractivity contribution in [1.82, 2.24) is 0 Å². The van der Waals surface area contributed by atoms with Gasteiger partial charge in [0.15, 0.2) is 0 Å². The summed E-state index contributed by atoms with van der Waals surface area (Å²) >= 11 is 3.13. The maximum atomic E-state index is 3.43. The van der Waals surface area contributed by atoms with E-state index in [9.17, 15) is 0 Å². The smallest absolute Gasteiger partial charge is 0.102 e. The lowest BCUT2D eigenvalue weighted by Gasteiger charge is -1.55. The minimum Gasteiger partial charge on any atom is -0.102 e. The molecule has 0 amide bonds. The van der Waals surface area contributed by atoms with Crippen LogP contribution < -0.4 is 0 Å². The first kappa shape index (κ1) is 9.37. The van der Waals surface area contributed by atoms with Gasteiger partial charge in [0.1, 0.15) is 0 Å². The van der Waals surface area contributed by atoms with Gasteiger partial charge >= 0.3 is 23.1 Å². The number of hydrogen-bond donors (Lipinski definition) is 0. The summed E-state index contributed by atoms with van der Waals surface area (Å²) in [5, 5.41) is 0.896. The second-order valence-corrected chi connectivity index (χ2v) is 1.09. The predicted octanol–water partition coefficient (Wildman–Crippen LogP) is 0.651. The lowest BCUT2D eigenvalue weighted by atomic mass is 10.8. The zero-order valence-electron chi connectivity index (χ0n) is 2.37. The van der Waals surface area contributed by atoms with E-state index in [1.807, 2.05) is 0 Å². The van der Waals surface area contributed by atoms with E-state index in [0.717, 1.165) is 5.33 Å². The van der Waals surface area contributed by atoms with Crippen LogP contribution in [0.1, 0.15) is 0 Å². The second-order valence-electron chi connectivity index (χ2n) is 0.443. The number of hydrogen-bond acceptors (Lipinski definition) is 0. The number of halogens is 1. The van der Waals surface area contributed by atoms with Crippen LogP contribution in [0.2, 0.25) is 0 Å². The molecule has 5 heavy (non-hydrogen) atoms. The summed E-state index contributed by atoms with van der Waals surface area (Å²) in [4.78, 5) is 0. The molecule has 0 saturated carbocycles. The summed E-state index contributed by atoms with van der Waals surface area (Å²) in [6, 6.07) is 0. The van der Waals surface area contributed by atoms with E-state index in [1.54, 1.807) is 6.08 Å². The summed E-state index contributed by atoms with van der Waals surface area (Å²) in [5.74, 6) is 0. The molecule has 0 aliphatic heterocycles. The van der Waals surface area contributed by atoms with Crippen LogP contribution in [-0.4, -0.2) is 28.4 Å². The zero-order chi connectivity index (χ0) is 3.41. The molecular weight excluding hydrogens is 140 g/mol. The van der Waals surface area contributed by atoms with E-state index in [4.69, 9.17) is 0 Å². The number of allylic oxidation sites excluding steroid dienone is 1. The second kappa shape index (κ2) is 8.88. The lowest BCUT2D eigenvalue weighted by Crippen LogP contribution is -1.43. The van der Waals surface area contributed by atoms with Crippen molar-refractivity contribution in [3.05, 3.63) is 12.7 Å². The third-order valence-corrected chi connectivity index (χ3v) is 0.567. The first-order chi connectivity index (χ1) is 1.91. The molecule has 0 radical (unpaired) electrons. The highest BCUT2D eigenvalue weighted by Crippen LogP contribution is 1.73. The maximum Gasteiger partial charge on any atom is 0.316 e. The van der Waals surface area contributed by atoms with Crippen molar-refractivity contribution in [2.24, 2.45) is 0 Å². The Morgan fingerprint density at radius 1 is 1.80 bits per heavy atom. The van der Waals surface area contributed by atoms with Gasteiger partial charge in [-0.3, -0.25) is 0 Å². The Morgan fingerprint density at radius 3 is 2.00 bits per heavy atom. The Hall–Kier alpha value is 0.986. The van der Waals surface area contributed by atoms with Gasteiger partial charge in [-0.1, -0.05) is 22.0 Å². The quantitative estimate of drug-likeness (QED) is 0.290. The van der Waals surface area contributed by atoms with Gasteiger partial charge in [-0.15, -0.1) is 6.58 Å². The molecule has 0 nitrogen and oxygen atoms in total. The van der Waals surface area contributed by atoms with Crippen molar-refractivity contribution in [2.45, 2.75) is 0 Å². The van der Waals surface area contributed by atoms with Crippen LogP contribution >= 0.6 is 15.9 Å². The molecule has 0 aliphatic carbocycles. The Kier molecular flexibility index (Phi) is 16.6. The minimum absolute atomic E-state index is 0. The third-order valence-electron chi connectivity index (χ3n) is 0.109. The SMILES string of the molecule is C=CCBr.[MgH2]. The summed E-state index contributed by atoms with van der Waals surface area (Å²) < 4.78 is 0. The fourth-order valence-electron chi connectivity index (χ4n) is 0. The van der Waals surface area contributed by atoms with E-state index in [0.29, 0.717) is 0 Å². The van der Waals surface area contributed by atoms with Gasteiger partial charge in [-0.2, -0.15) is 0 Å². The van der Waals surface area contributed by atoms with Gasteiger partial charge in [0, 0.05) is 5.33 Å². The fourth-order valence-corrected chi connectivity index (χ4v) is 0. The Balaban J connectivity index is 0. The first-order valence-corrected chi connectivity index (χ1v) is 2.21. The van der Waals surface area contributed by atoms with Crippen molar-refractivity contribution in [3.63, 3.8) is 0 Å². The van der Waals surface area contributed by atoms with Crippen LogP contribution in [0.15, 0.2) is 12.7 Å². The summed E-state index contributed by atoms with van der Waals surface area (Å²) in [5.41, 5.74) is 0. The minimum atomic E-state index is 0. The predicted molar refractivity (Wildman–Crippen MR) is 32.5 cm³/mol. The third kappa shape index (κ3) is 11.3. The fraction of sp³-hybridized carbons (Fsp3) is 0.333.